The highest BCUT2D eigenvalue weighted by Crippen LogP contribution is 2.27. The molecule has 0 bridgehead atoms. The standard InChI is InChI=1S/C18H26N2O5/c1-13(18(22)20-8-10-25-11-9-20)19-17(21)7-5-14-4-6-15(23-2)16(12-14)24-3/h4,6,12-13H,5,7-11H2,1-3H3,(H,19,21). The molecule has 0 saturated carbocycles. The van der Waals surface area contributed by atoms with Crippen molar-refractivity contribution in [3.63, 3.8) is 0 Å². The molecule has 0 spiro atoms. The number of nitrogens with one attached hydrogen (secondary N) is 1. The van der Waals surface area contributed by atoms with Gasteiger partial charge in [0.15, 0.2) is 11.5 Å². The molecule has 1 atom stereocenters. The number of ether oxygens (including phenoxy) is 3. The van der Waals surface area contributed by atoms with Crippen molar-refractivity contribution in [2.75, 3.05) is 40.5 Å². The number of amides is 2. The highest BCUT2D eigenvalue weighted by molar-refractivity contribution is 5.87. The Morgan fingerprint density at radius 3 is 2.52 bits per heavy atom. The van der Waals surface area contributed by atoms with Gasteiger partial charge in [0.05, 0.1) is 27.4 Å². The van der Waals surface area contributed by atoms with Crippen LogP contribution in [0.2, 0.25) is 0 Å². The minimum Gasteiger partial charge on any atom is -0.493 e. The predicted octanol–water partition coefficient (Wildman–Crippen LogP) is 1.000. The average molecular weight is 350 g/mol. The summed E-state index contributed by atoms with van der Waals surface area (Å²) in [4.78, 5) is 26.1. The van der Waals surface area contributed by atoms with E-state index >= 15 is 0 Å². The van der Waals surface area contributed by atoms with Gasteiger partial charge in [-0.15, -0.1) is 0 Å². The number of carbonyl (C=O) groups excluding carboxylic acids is 2. The fourth-order valence-electron chi connectivity index (χ4n) is 2.73. The molecular weight excluding hydrogens is 324 g/mol. The van der Waals surface area contributed by atoms with Crippen molar-refractivity contribution in [1.29, 1.82) is 0 Å². The van der Waals surface area contributed by atoms with Gasteiger partial charge in [-0.2, -0.15) is 0 Å². The quantitative estimate of drug-likeness (QED) is 0.794. The lowest BCUT2D eigenvalue weighted by Gasteiger charge is -2.29. The van der Waals surface area contributed by atoms with Gasteiger partial charge in [-0.25, -0.2) is 0 Å². The van der Waals surface area contributed by atoms with Crippen LogP contribution in [0, 0.1) is 0 Å². The lowest BCUT2D eigenvalue weighted by atomic mass is 10.1. The molecule has 25 heavy (non-hydrogen) atoms. The van der Waals surface area contributed by atoms with Crippen molar-refractivity contribution in [3.05, 3.63) is 23.8 Å². The van der Waals surface area contributed by atoms with E-state index in [1.807, 2.05) is 18.2 Å². The number of methoxy groups -OCH3 is 2. The monoisotopic (exact) mass is 350 g/mol. The number of aryl methyl sites for hydroxylation is 1. The Hall–Kier alpha value is -2.28. The third kappa shape index (κ3) is 5.35. The molecule has 0 aliphatic carbocycles. The number of hydrogen-bond donors (Lipinski definition) is 1. The zero-order valence-corrected chi connectivity index (χ0v) is 15.0. The molecule has 1 aliphatic rings. The smallest absolute Gasteiger partial charge is 0.245 e. The topological polar surface area (TPSA) is 77.1 Å². The van der Waals surface area contributed by atoms with Crippen LogP contribution < -0.4 is 14.8 Å². The molecule has 7 heteroatoms. The van der Waals surface area contributed by atoms with E-state index in [4.69, 9.17) is 14.2 Å². The molecule has 1 N–H and O–H groups in total. The minimum atomic E-state index is -0.531. The Morgan fingerprint density at radius 2 is 1.88 bits per heavy atom. The summed E-state index contributed by atoms with van der Waals surface area (Å²) in [5, 5.41) is 2.77. The summed E-state index contributed by atoms with van der Waals surface area (Å²) >= 11 is 0. The van der Waals surface area contributed by atoms with Crippen LogP contribution in [0.1, 0.15) is 18.9 Å². The average Bonchev–Trinajstić information content (AvgIpc) is 2.66. The molecule has 1 aromatic carbocycles. The fraction of sp³-hybridized carbons (Fsp3) is 0.556. The zero-order chi connectivity index (χ0) is 18.2. The van der Waals surface area contributed by atoms with Crippen molar-refractivity contribution in [2.24, 2.45) is 0 Å². The van der Waals surface area contributed by atoms with Crippen LogP contribution in [-0.4, -0.2) is 63.3 Å². The molecule has 1 unspecified atom stereocenters. The maximum Gasteiger partial charge on any atom is 0.245 e. The number of nitrogens with zero attached hydrogens (tertiary/aromatic N) is 1. The molecule has 0 radical (unpaired) electrons. The molecule has 1 aliphatic heterocycles. The van der Waals surface area contributed by atoms with Crippen LogP contribution in [0.25, 0.3) is 0 Å². The van der Waals surface area contributed by atoms with E-state index in [2.05, 4.69) is 5.32 Å². The molecular formula is C18H26N2O5. The van der Waals surface area contributed by atoms with Gasteiger partial charge in [0.1, 0.15) is 6.04 Å². The van der Waals surface area contributed by atoms with Crippen LogP contribution >= 0.6 is 0 Å². The van der Waals surface area contributed by atoms with E-state index < -0.39 is 6.04 Å². The molecule has 1 heterocycles. The molecule has 1 aromatic rings. The maximum absolute atomic E-state index is 12.3. The summed E-state index contributed by atoms with van der Waals surface area (Å²) in [5.41, 5.74) is 0.972. The Kier molecular flexibility index (Phi) is 7.06. The molecule has 138 valence electrons. The highest BCUT2D eigenvalue weighted by Gasteiger charge is 2.23. The van der Waals surface area contributed by atoms with Gasteiger partial charge in [-0.05, 0) is 31.0 Å². The van der Waals surface area contributed by atoms with Crippen LogP contribution in [-0.2, 0) is 20.7 Å². The fourth-order valence-corrected chi connectivity index (χ4v) is 2.73. The first-order chi connectivity index (χ1) is 12.0. The van der Waals surface area contributed by atoms with Gasteiger partial charge in [0.2, 0.25) is 11.8 Å². The lowest BCUT2D eigenvalue weighted by Crippen LogP contribution is -2.50. The lowest BCUT2D eigenvalue weighted by molar-refractivity contribution is -0.139. The van der Waals surface area contributed by atoms with E-state index in [9.17, 15) is 9.59 Å². The molecule has 7 nitrogen and oxygen atoms in total. The number of rotatable bonds is 7. The van der Waals surface area contributed by atoms with Gasteiger partial charge in [-0.1, -0.05) is 6.07 Å². The van der Waals surface area contributed by atoms with Crippen molar-refractivity contribution in [2.45, 2.75) is 25.8 Å². The third-order valence-electron chi connectivity index (χ3n) is 4.16. The number of benzene rings is 1. The summed E-state index contributed by atoms with van der Waals surface area (Å²) in [6.45, 7) is 3.96. The second-order valence-electron chi connectivity index (χ2n) is 5.92. The SMILES string of the molecule is COc1ccc(CCC(=O)NC(C)C(=O)N2CCOCC2)cc1OC. The first kappa shape index (κ1) is 19.1. The van der Waals surface area contributed by atoms with E-state index in [0.717, 1.165) is 5.56 Å². The van der Waals surface area contributed by atoms with Gasteiger partial charge >= 0.3 is 0 Å². The number of hydrogen-bond acceptors (Lipinski definition) is 5. The Morgan fingerprint density at radius 1 is 1.20 bits per heavy atom. The van der Waals surface area contributed by atoms with Crippen LogP contribution in [0.5, 0.6) is 11.5 Å². The molecule has 1 saturated heterocycles. The van der Waals surface area contributed by atoms with Gasteiger partial charge in [0, 0.05) is 19.5 Å². The summed E-state index contributed by atoms with van der Waals surface area (Å²) in [6, 6.07) is 5.04. The van der Waals surface area contributed by atoms with Crippen LogP contribution in [0.4, 0.5) is 0 Å². The van der Waals surface area contributed by atoms with Crippen LogP contribution in [0.15, 0.2) is 18.2 Å². The third-order valence-corrected chi connectivity index (χ3v) is 4.16. The van der Waals surface area contributed by atoms with E-state index in [0.29, 0.717) is 50.6 Å². The first-order valence-corrected chi connectivity index (χ1v) is 8.42. The highest BCUT2D eigenvalue weighted by atomic mass is 16.5. The van der Waals surface area contributed by atoms with Crippen LogP contribution in [0.3, 0.4) is 0 Å². The van der Waals surface area contributed by atoms with Crippen molar-refractivity contribution >= 4 is 11.8 Å². The zero-order valence-electron chi connectivity index (χ0n) is 15.0. The Balaban J connectivity index is 1.82. The van der Waals surface area contributed by atoms with Gasteiger partial charge in [0.25, 0.3) is 0 Å². The first-order valence-electron chi connectivity index (χ1n) is 8.42. The normalized spacial score (nSPS) is 15.4. The summed E-state index contributed by atoms with van der Waals surface area (Å²) in [5.74, 6) is 1.07. The second kappa shape index (κ2) is 9.27. The molecule has 2 rings (SSSR count). The van der Waals surface area contributed by atoms with Crippen molar-refractivity contribution in [3.8, 4) is 11.5 Å². The summed E-state index contributed by atoms with van der Waals surface area (Å²) in [6.07, 6.45) is 0.862. The van der Waals surface area contributed by atoms with E-state index in [1.54, 1.807) is 26.0 Å². The maximum atomic E-state index is 12.3. The summed E-state index contributed by atoms with van der Waals surface area (Å²) in [7, 11) is 3.16. The van der Waals surface area contributed by atoms with Gasteiger partial charge < -0.3 is 24.4 Å². The number of morpholine rings is 1. The Labute approximate surface area is 148 Å². The largest absolute Gasteiger partial charge is 0.493 e. The van der Waals surface area contributed by atoms with E-state index in [1.165, 1.54) is 0 Å². The predicted molar refractivity (Wildman–Crippen MR) is 92.9 cm³/mol. The van der Waals surface area contributed by atoms with E-state index in [-0.39, 0.29) is 11.8 Å². The second-order valence-corrected chi connectivity index (χ2v) is 5.92. The Bertz CT molecular complexity index is 599. The minimum absolute atomic E-state index is 0.0669. The summed E-state index contributed by atoms with van der Waals surface area (Å²) < 4.78 is 15.7. The molecule has 2 amide bonds. The van der Waals surface area contributed by atoms with Crippen molar-refractivity contribution < 1.29 is 23.8 Å². The molecule has 0 aromatic heterocycles. The van der Waals surface area contributed by atoms with Crippen molar-refractivity contribution in [1.82, 2.24) is 10.2 Å². The number of carbonyl (C=O) groups is 2. The molecule has 1 fully saturated rings. The van der Waals surface area contributed by atoms with Gasteiger partial charge in [-0.3, -0.25) is 9.59 Å².